The lowest BCUT2D eigenvalue weighted by Gasteiger charge is -2.24. The van der Waals surface area contributed by atoms with Crippen molar-refractivity contribution in [3.63, 3.8) is 0 Å². The van der Waals surface area contributed by atoms with E-state index < -0.39 is 11.9 Å². The number of hydrogen-bond donors (Lipinski definition) is 1. The van der Waals surface area contributed by atoms with E-state index >= 15 is 0 Å². The van der Waals surface area contributed by atoms with Crippen LogP contribution in [0.1, 0.15) is 12.5 Å². The molecule has 0 saturated carbocycles. The van der Waals surface area contributed by atoms with Gasteiger partial charge in [0.1, 0.15) is 5.82 Å². The molecule has 0 fully saturated rings. The van der Waals surface area contributed by atoms with Crippen LogP contribution in [0.25, 0.3) is 0 Å². The number of benzene rings is 1. The number of hydrogen-bond acceptors (Lipinski definition) is 3. The van der Waals surface area contributed by atoms with Crippen LogP contribution in [0.5, 0.6) is 0 Å². The van der Waals surface area contributed by atoms with Crippen LogP contribution in [0.3, 0.4) is 0 Å². The van der Waals surface area contributed by atoms with Gasteiger partial charge in [-0.05, 0) is 17.7 Å². The normalized spacial score (nSPS) is 12.6. The summed E-state index contributed by atoms with van der Waals surface area (Å²) >= 11 is 0. The fourth-order valence-corrected chi connectivity index (χ4v) is 1.81. The Labute approximate surface area is 112 Å². The number of aliphatic carboxylic acids is 1. The van der Waals surface area contributed by atoms with Crippen LogP contribution in [0.4, 0.5) is 4.39 Å². The molecule has 1 aromatic rings. The van der Waals surface area contributed by atoms with Crippen molar-refractivity contribution in [1.29, 1.82) is 0 Å². The molecule has 4 nitrogen and oxygen atoms in total. The Hall–Kier alpha value is -1.46. The van der Waals surface area contributed by atoms with Crippen molar-refractivity contribution in [1.82, 2.24) is 4.90 Å². The molecule has 1 aromatic carbocycles. The molecule has 0 aromatic heterocycles. The number of rotatable bonds is 8. The molecule has 0 amide bonds. The van der Waals surface area contributed by atoms with E-state index in [1.54, 1.807) is 20.1 Å². The smallest absolute Gasteiger partial charge is 0.307 e. The topological polar surface area (TPSA) is 49.8 Å². The van der Waals surface area contributed by atoms with Gasteiger partial charge in [-0.3, -0.25) is 9.69 Å². The van der Waals surface area contributed by atoms with Crippen LogP contribution in [0, 0.1) is 11.7 Å². The monoisotopic (exact) mass is 269 g/mol. The summed E-state index contributed by atoms with van der Waals surface area (Å²) in [6, 6.07) is 6.34. The number of ether oxygens (including phenoxy) is 1. The summed E-state index contributed by atoms with van der Waals surface area (Å²) in [7, 11) is 1.60. The van der Waals surface area contributed by atoms with E-state index in [1.807, 2.05) is 11.0 Å². The summed E-state index contributed by atoms with van der Waals surface area (Å²) in [5, 5.41) is 8.95. The minimum absolute atomic E-state index is 0.282. The third kappa shape index (κ3) is 5.81. The van der Waals surface area contributed by atoms with Gasteiger partial charge in [0, 0.05) is 26.7 Å². The molecule has 0 aliphatic carbocycles. The van der Waals surface area contributed by atoms with Crippen molar-refractivity contribution in [3.05, 3.63) is 35.6 Å². The Morgan fingerprint density at radius 2 is 2.26 bits per heavy atom. The second-order valence-electron chi connectivity index (χ2n) is 4.60. The number of halogens is 1. The zero-order valence-electron chi connectivity index (χ0n) is 11.3. The highest BCUT2D eigenvalue weighted by Crippen LogP contribution is 2.09. The van der Waals surface area contributed by atoms with Crippen LogP contribution in [0.15, 0.2) is 24.3 Å². The SMILES string of the molecule is COCCN(Cc1cccc(F)c1)CC(C)C(=O)O. The second-order valence-corrected chi connectivity index (χ2v) is 4.60. The van der Waals surface area contributed by atoms with Gasteiger partial charge in [0.25, 0.3) is 0 Å². The van der Waals surface area contributed by atoms with Gasteiger partial charge in [0.2, 0.25) is 0 Å². The molecule has 0 heterocycles. The van der Waals surface area contributed by atoms with Crippen molar-refractivity contribution in [3.8, 4) is 0 Å². The standard InChI is InChI=1S/C14H20FNO3/c1-11(14(17)18)9-16(6-7-19-2)10-12-4-3-5-13(15)8-12/h3-5,8,11H,6-7,9-10H2,1-2H3,(H,17,18). The molecule has 106 valence electrons. The number of carboxylic acids is 1. The first-order chi connectivity index (χ1) is 9.02. The Bertz CT molecular complexity index is 411. The van der Waals surface area contributed by atoms with Crippen LogP contribution in [0.2, 0.25) is 0 Å². The van der Waals surface area contributed by atoms with Gasteiger partial charge in [-0.2, -0.15) is 0 Å². The lowest BCUT2D eigenvalue weighted by Crippen LogP contribution is -2.33. The maximum absolute atomic E-state index is 13.1. The highest BCUT2D eigenvalue weighted by Gasteiger charge is 2.16. The Morgan fingerprint density at radius 1 is 1.53 bits per heavy atom. The highest BCUT2D eigenvalue weighted by atomic mass is 19.1. The van der Waals surface area contributed by atoms with Crippen molar-refractivity contribution in [2.45, 2.75) is 13.5 Å². The number of methoxy groups -OCH3 is 1. The van der Waals surface area contributed by atoms with E-state index in [2.05, 4.69) is 0 Å². The van der Waals surface area contributed by atoms with E-state index in [4.69, 9.17) is 9.84 Å². The fourth-order valence-electron chi connectivity index (χ4n) is 1.81. The summed E-state index contributed by atoms with van der Waals surface area (Å²) < 4.78 is 18.1. The van der Waals surface area contributed by atoms with Gasteiger partial charge in [0.05, 0.1) is 12.5 Å². The first-order valence-electron chi connectivity index (χ1n) is 6.21. The number of carboxylic acid groups (broad SMARTS) is 1. The molecule has 5 heteroatoms. The van der Waals surface area contributed by atoms with Gasteiger partial charge in [-0.25, -0.2) is 4.39 Å². The Balaban J connectivity index is 2.65. The summed E-state index contributed by atoms with van der Waals surface area (Å²) in [4.78, 5) is 12.9. The Morgan fingerprint density at radius 3 is 2.84 bits per heavy atom. The first kappa shape index (κ1) is 15.6. The summed E-state index contributed by atoms with van der Waals surface area (Å²) in [5.41, 5.74) is 0.827. The molecule has 1 unspecified atom stereocenters. The maximum atomic E-state index is 13.1. The third-order valence-corrected chi connectivity index (χ3v) is 2.86. The summed E-state index contributed by atoms with van der Waals surface area (Å²) in [6.07, 6.45) is 0. The second kappa shape index (κ2) is 7.86. The van der Waals surface area contributed by atoms with Crippen LogP contribution in [-0.4, -0.2) is 42.8 Å². The molecule has 0 aliphatic rings. The maximum Gasteiger partial charge on any atom is 0.307 e. The molecular formula is C14H20FNO3. The number of nitrogens with zero attached hydrogens (tertiary/aromatic N) is 1. The van der Waals surface area contributed by atoms with Crippen molar-refractivity contribution in [2.75, 3.05) is 26.8 Å². The largest absolute Gasteiger partial charge is 0.481 e. The highest BCUT2D eigenvalue weighted by molar-refractivity contribution is 5.69. The Kier molecular flexibility index (Phi) is 6.45. The summed E-state index contributed by atoms with van der Waals surface area (Å²) in [5.74, 6) is -1.58. The zero-order chi connectivity index (χ0) is 14.3. The summed E-state index contributed by atoms with van der Waals surface area (Å²) in [6.45, 7) is 3.72. The molecular weight excluding hydrogens is 249 g/mol. The number of carbonyl (C=O) groups is 1. The molecule has 19 heavy (non-hydrogen) atoms. The van der Waals surface area contributed by atoms with Crippen molar-refractivity contribution < 1.29 is 19.0 Å². The van der Waals surface area contributed by atoms with E-state index in [-0.39, 0.29) is 5.82 Å². The molecule has 0 radical (unpaired) electrons. The fraction of sp³-hybridized carbons (Fsp3) is 0.500. The molecule has 0 aliphatic heterocycles. The lowest BCUT2D eigenvalue weighted by atomic mass is 10.1. The van der Waals surface area contributed by atoms with E-state index in [9.17, 15) is 9.18 Å². The van der Waals surface area contributed by atoms with Gasteiger partial charge in [-0.1, -0.05) is 19.1 Å². The average molecular weight is 269 g/mol. The molecule has 1 N–H and O–H groups in total. The minimum Gasteiger partial charge on any atom is -0.481 e. The minimum atomic E-state index is -0.832. The van der Waals surface area contributed by atoms with Gasteiger partial charge >= 0.3 is 5.97 Å². The predicted molar refractivity (Wildman–Crippen MR) is 70.4 cm³/mol. The molecule has 1 rings (SSSR count). The predicted octanol–water partition coefficient (Wildman–Crippen LogP) is 1.99. The van der Waals surface area contributed by atoms with Crippen LogP contribution in [-0.2, 0) is 16.1 Å². The van der Waals surface area contributed by atoms with E-state index in [0.717, 1.165) is 5.56 Å². The average Bonchev–Trinajstić information content (AvgIpc) is 2.35. The zero-order valence-corrected chi connectivity index (χ0v) is 11.3. The lowest BCUT2D eigenvalue weighted by molar-refractivity contribution is -0.141. The molecule has 0 saturated heterocycles. The quantitative estimate of drug-likeness (QED) is 0.784. The van der Waals surface area contributed by atoms with E-state index in [1.165, 1.54) is 12.1 Å². The third-order valence-electron chi connectivity index (χ3n) is 2.86. The van der Waals surface area contributed by atoms with E-state index in [0.29, 0.717) is 26.2 Å². The molecule has 0 bridgehead atoms. The van der Waals surface area contributed by atoms with Gasteiger partial charge in [0.15, 0.2) is 0 Å². The van der Waals surface area contributed by atoms with Crippen LogP contribution < -0.4 is 0 Å². The van der Waals surface area contributed by atoms with Gasteiger partial charge < -0.3 is 9.84 Å². The first-order valence-corrected chi connectivity index (χ1v) is 6.21. The van der Waals surface area contributed by atoms with Gasteiger partial charge in [-0.15, -0.1) is 0 Å². The van der Waals surface area contributed by atoms with Crippen molar-refractivity contribution in [2.24, 2.45) is 5.92 Å². The van der Waals surface area contributed by atoms with Crippen molar-refractivity contribution >= 4 is 5.97 Å². The molecule has 1 atom stereocenters. The molecule has 0 spiro atoms. The van der Waals surface area contributed by atoms with Crippen LogP contribution >= 0.6 is 0 Å².